The summed E-state index contributed by atoms with van der Waals surface area (Å²) in [6, 6.07) is 1.40. The summed E-state index contributed by atoms with van der Waals surface area (Å²) in [7, 11) is 3.95. The van der Waals surface area contributed by atoms with Gasteiger partial charge in [-0.1, -0.05) is 23.2 Å². The van der Waals surface area contributed by atoms with Crippen molar-refractivity contribution in [3.05, 3.63) is 21.9 Å². The van der Waals surface area contributed by atoms with Gasteiger partial charge in [0.25, 0.3) is 5.91 Å². The molecular weight excluding hydrogens is 263 g/mol. The van der Waals surface area contributed by atoms with E-state index in [1.807, 2.05) is 19.0 Å². The Morgan fingerprint density at radius 2 is 2.12 bits per heavy atom. The summed E-state index contributed by atoms with van der Waals surface area (Å²) in [5.41, 5.74) is 0.247. The van der Waals surface area contributed by atoms with Crippen LogP contribution in [-0.4, -0.2) is 48.2 Å². The van der Waals surface area contributed by atoms with E-state index in [2.05, 4.69) is 15.5 Å². The van der Waals surface area contributed by atoms with Gasteiger partial charge >= 0.3 is 0 Å². The van der Waals surface area contributed by atoms with Gasteiger partial charge in [-0.25, -0.2) is 0 Å². The predicted octanol–water partition coefficient (Wildman–Crippen LogP) is 1.46. The van der Waals surface area contributed by atoms with E-state index in [0.717, 1.165) is 13.0 Å². The average Bonchev–Trinajstić information content (AvgIpc) is 2.27. The summed E-state index contributed by atoms with van der Waals surface area (Å²) in [4.78, 5) is 13.8. The monoisotopic (exact) mass is 276 g/mol. The highest BCUT2D eigenvalue weighted by Gasteiger charge is 2.12. The molecule has 94 valence electrons. The maximum Gasteiger partial charge on any atom is 0.254 e. The van der Waals surface area contributed by atoms with E-state index < -0.39 is 0 Å². The molecule has 0 fully saturated rings. The minimum Gasteiger partial charge on any atom is -0.352 e. The van der Waals surface area contributed by atoms with Crippen molar-refractivity contribution in [2.24, 2.45) is 0 Å². The van der Waals surface area contributed by atoms with Gasteiger partial charge in [0.05, 0.1) is 5.56 Å². The van der Waals surface area contributed by atoms with E-state index in [-0.39, 0.29) is 21.8 Å². The van der Waals surface area contributed by atoms with Crippen LogP contribution < -0.4 is 5.32 Å². The van der Waals surface area contributed by atoms with Gasteiger partial charge in [0.15, 0.2) is 10.3 Å². The number of halogens is 2. The second kappa shape index (κ2) is 6.74. The maximum absolute atomic E-state index is 11.7. The van der Waals surface area contributed by atoms with Gasteiger partial charge in [0, 0.05) is 6.54 Å². The standard InChI is InChI=1S/C10H14Cl2N4O/c1-16(2)5-3-4-13-10(17)7-6-8(11)14-15-9(7)12/h6H,3-5H2,1-2H3,(H,13,17). The second-order valence-electron chi connectivity index (χ2n) is 3.78. The second-order valence-corrected chi connectivity index (χ2v) is 4.53. The van der Waals surface area contributed by atoms with Crippen molar-refractivity contribution in [3.63, 3.8) is 0 Å². The van der Waals surface area contributed by atoms with Crippen LogP contribution in [0.1, 0.15) is 16.8 Å². The van der Waals surface area contributed by atoms with E-state index in [1.54, 1.807) is 0 Å². The molecule has 5 nitrogen and oxygen atoms in total. The average molecular weight is 277 g/mol. The van der Waals surface area contributed by atoms with Crippen LogP contribution in [0.3, 0.4) is 0 Å². The lowest BCUT2D eigenvalue weighted by Gasteiger charge is -2.10. The number of nitrogens with one attached hydrogen (secondary N) is 1. The van der Waals surface area contributed by atoms with E-state index in [0.29, 0.717) is 6.54 Å². The van der Waals surface area contributed by atoms with E-state index >= 15 is 0 Å². The normalized spacial score (nSPS) is 10.6. The third kappa shape index (κ3) is 4.85. The number of hydrogen-bond donors (Lipinski definition) is 1. The minimum absolute atomic E-state index is 0.0551. The summed E-state index contributed by atoms with van der Waals surface area (Å²) in [6.45, 7) is 1.48. The van der Waals surface area contributed by atoms with Gasteiger partial charge in [-0.3, -0.25) is 4.79 Å². The SMILES string of the molecule is CN(C)CCCNC(=O)c1cc(Cl)nnc1Cl. The molecule has 0 atom stereocenters. The maximum atomic E-state index is 11.7. The molecule has 1 aromatic heterocycles. The van der Waals surface area contributed by atoms with Gasteiger partial charge in [0.1, 0.15) is 0 Å². The lowest BCUT2D eigenvalue weighted by atomic mass is 10.3. The zero-order valence-corrected chi connectivity index (χ0v) is 11.2. The van der Waals surface area contributed by atoms with E-state index in [9.17, 15) is 4.79 Å². The molecule has 0 saturated heterocycles. The van der Waals surface area contributed by atoms with Crippen molar-refractivity contribution in [3.8, 4) is 0 Å². The van der Waals surface area contributed by atoms with Crippen LogP contribution in [0.25, 0.3) is 0 Å². The Morgan fingerprint density at radius 3 is 2.76 bits per heavy atom. The summed E-state index contributed by atoms with van der Waals surface area (Å²) >= 11 is 11.4. The highest BCUT2D eigenvalue weighted by molar-refractivity contribution is 6.34. The van der Waals surface area contributed by atoms with Crippen molar-refractivity contribution in [1.29, 1.82) is 0 Å². The van der Waals surface area contributed by atoms with Crippen molar-refractivity contribution in [2.75, 3.05) is 27.2 Å². The Morgan fingerprint density at radius 1 is 1.41 bits per heavy atom. The minimum atomic E-state index is -0.287. The third-order valence-electron chi connectivity index (χ3n) is 2.03. The van der Waals surface area contributed by atoms with E-state index in [1.165, 1.54) is 6.07 Å². The summed E-state index contributed by atoms with van der Waals surface area (Å²) in [5, 5.41) is 10.1. The lowest BCUT2D eigenvalue weighted by molar-refractivity contribution is 0.0952. The van der Waals surface area contributed by atoms with Crippen LogP contribution in [0, 0.1) is 0 Å². The molecule has 0 aliphatic carbocycles. The Balaban J connectivity index is 2.49. The van der Waals surface area contributed by atoms with Gasteiger partial charge in [0.2, 0.25) is 0 Å². The first-order valence-corrected chi connectivity index (χ1v) is 5.88. The fraction of sp³-hybridized carbons (Fsp3) is 0.500. The van der Waals surface area contributed by atoms with Crippen LogP contribution in [0.15, 0.2) is 6.07 Å². The predicted molar refractivity (Wildman–Crippen MR) is 67.6 cm³/mol. The van der Waals surface area contributed by atoms with Crippen LogP contribution in [0.4, 0.5) is 0 Å². The first-order valence-electron chi connectivity index (χ1n) is 5.12. The number of nitrogens with zero attached hydrogens (tertiary/aromatic N) is 3. The molecule has 1 heterocycles. The fourth-order valence-electron chi connectivity index (χ4n) is 1.20. The topological polar surface area (TPSA) is 58.1 Å². The number of amides is 1. The zero-order chi connectivity index (χ0) is 12.8. The van der Waals surface area contributed by atoms with Crippen LogP contribution in [0.5, 0.6) is 0 Å². The number of carbonyl (C=O) groups excluding carboxylic acids is 1. The molecule has 0 aliphatic rings. The quantitative estimate of drug-likeness (QED) is 0.828. The number of aromatic nitrogens is 2. The number of carbonyl (C=O) groups is 1. The number of rotatable bonds is 5. The molecule has 1 amide bonds. The van der Waals surface area contributed by atoms with Crippen molar-refractivity contribution < 1.29 is 4.79 Å². The molecule has 1 rings (SSSR count). The molecule has 1 aromatic rings. The van der Waals surface area contributed by atoms with Crippen LogP contribution in [0.2, 0.25) is 10.3 Å². The molecule has 17 heavy (non-hydrogen) atoms. The van der Waals surface area contributed by atoms with Crippen LogP contribution in [-0.2, 0) is 0 Å². The molecule has 0 radical (unpaired) electrons. The Kier molecular flexibility index (Phi) is 5.61. The first kappa shape index (κ1) is 14.2. The summed E-state index contributed by atoms with van der Waals surface area (Å²) in [5.74, 6) is -0.287. The molecule has 0 unspecified atom stereocenters. The largest absolute Gasteiger partial charge is 0.352 e. The van der Waals surface area contributed by atoms with Crippen molar-refractivity contribution >= 4 is 29.1 Å². The first-order chi connectivity index (χ1) is 8.00. The Hall–Kier alpha value is -0.910. The molecule has 0 aromatic carbocycles. The van der Waals surface area contributed by atoms with Gasteiger partial charge in [-0.15, -0.1) is 10.2 Å². The molecule has 0 spiro atoms. The fourth-order valence-corrected chi connectivity index (χ4v) is 1.53. The zero-order valence-electron chi connectivity index (χ0n) is 9.70. The molecule has 0 bridgehead atoms. The Bertz CT molecular complexity index is 398. The Labute approximate surface area is 110 Å². The van der Waals surface area contributed by atoms with Crippen molar-refractivity contribution in [1.82, 2.24) is 20.4 Å². The summed E-state index contributed by atoms with van der Waals surface area (Å²) < 4.78 is 0. The van der Waals surface area contributed by atoms with Gasteiger partial charge in [-0.05, 0) is 33.1 Å². The molecule has 1 N–H and O–H groups in total. The van der Waals surface area contributed by atoms with E-state index in [4.69, 9.17) is 23.2 Å². The molecule has 7 heteroatoms. The molecule has 0 saturated carbocycles. The van der Waals surface area contributed by atoms with Crippen LogP contribution >= 0.6 is 23.2 Å². The molecule has 0 aliphatic heterocycles. The third-order valence-corrected chi connectivity index (χ3v) is 2.50. The lowest BCUT2D eigenvalue weighted by Crippen LogP contribution is -2.27. The van der Waals surface area contributed by atoms with Crippen molar-refractivity contribution in [2.45, 2.75) is 6.42 Å². The van der Waals surface area contributed by atoms with Gasteiger partial charge < -0.3 is 10.2 Å². The smallest absolute Gasteiger partial charge is 0.254 e. The molecular formula is C10H14Cl2N4O. The van der Waals surface area contributed by atoms with Gasteiger partial charge in [-0.2, -0.15) is 0 Å². The number of hydrogen-bond acceptors (Lipinski definition) is 4. The summed E-state index contributed by atoms with van der Waals surface area (Å²) in [6.07, 6.45) is 0.864. The highest BCUT2D eigenvalue weighted by atomic mass is 35.5. The highest BCUT2D eigenvalue weighted by Crippen LogP contribution is 2.14.